The van der Waals surface area contributed by atoms with Crippen LogP contribution in [0.2, 0.25) is 0 Å². The second kappa shape index (κ2) is 8.45. The molecule has 3 aromatic rings. The third-order valence-electron chi connectivity index (χ3n) is 4.66. The highest BCUT2D eigenvalue weighted by molar-refractivity contribution is 6.13. The molecule has 0 aliphatic rings. The number of carboxylic acid groups (broad SMARTS) is 1. The molecule has 0 aliphatic heterocycles. The van der Waals surface area contributed by atoms with Gasteiger partial charge in [0.2, 0.25) is 0 Å². The van der Waals surface area contributed by atoms with Gasteiger partial charge in [0.25, 0.3) is 0 Å². The first kappa shape index (κ1) is 18.6. The molecule has 0 aromatic heterocycles. The minimum atomic E-state index is -0.919. The Morgan fingerprint density at radius 2 is 1.41 bits per heavy atom. The largest absolute Gasteiger partial charge is 0.480 e. The molecular weight excluding hydrogens is 334 g/mol. The van der Waals surface area contributed by atoms with Gasteiger partial charge in [0, 0.05) is 17.5 Å². The van der Waals surface area contributed by atoms with Gasteiger partial charge in [-0.15, -0.1) is 0 Å². The first-order valence-corrected chi connectivity index (χ1v) is 9.02. The highest BCUT2D eigenvalue weighted by atomic mass is 16.4. The van der Waals surface area contributed by atoms with Crippen molar-refractivity contribution >= 4 is 11.7 Å². The van der Waals surface area contributed by atoms with Crippen LogP contribution in [0.1, 0.15) is 27.8 Å². The summed E-state index contributed by atoms with van der Waals surface area (Å²) >= 11 is 0. The van der Waals surface area contributed by atoms with Crippen molar-refractivity contribution in [3.8, 4) is 0 Å². The average molecular weight is 357 g/mol. The smallest absolute Gasteiger partial charge is 0.328 e. The van der Waals surface area contributed by atoms with Gasteiger partial charge >= 0.3 is 5.97 Å². The zero-order valence-corrected chi connectivity index (χ0v) is 15.6. The van der Waals surface area contributed by atoms with E-state index < -0.39 is 12.0 Å². The van der Waals surface area contributed by atoms with Crippen molar-refractivity contribution < 1.29 is 9.90 Å². The maximum absolute atomic E-state index is 11.9. The van der Waals surface area contributed by atoms with Gasteiger partial charge in [-0.3, -0.25) is 4.99 Å². The Morgan fingerprint density at radius 3 is 1.89 bits per heavy atom. The summed E-state index contributed by atoms with van der Waals surface area (Å²) in [6.45, 7) is 4.09. The summed E-state index contributed by atoms with van der Waals surface area (Å²) < 4.78 is 0. The van der Waals surface area contributed by atoms with Gasteiger partial charge in [-0.05, 0) is 30.5 Å². The second-order valence-corrected chi connectivity index (χ2v) is 6.69. The molecule has 136 valence electrons. The molecule has 0 bridgehead atoms. The van der Waals surface area contributed by atoms with Gasteiger partial charge in [0.15, 0.2) is 6.04 Å². The Bertz CT molecular complexity index is 905. The van der Waals surface area contributed by atoms with Crippen LogP contribution in [0.25, 0.3) is 0 Å². The lowest BCUT2D eigenvalue weighted by molar-refractivity contribution is -0.138. The predicted octanol–water partition coefficient (Wildman–Crippen LogP) is 4.84. The lowest BCUT2D eigenvalue weighted by atomic mass is 9.99. The summed E-state index contributed by atoms with van der Waals surface area (Å²) in [6, 6.07) is 24.7. The van der Waals surface area contributed by atoms with E-state index in [-0.39, 0.29) is 0 Å². The monoisotopic (exact) mass is 357 g/mol. The molecular formula is C24H23NO2. The van der Waals surface area contributed by atoms with Crippen LogP contribution >= 0.6 is 0 Å². The zero-order chi connectivity index (χ0) is 19.2. The summed E-state index contributed by atoms with van der Waals surface area (Å²) in [7, 11) is 0. The van der Waals surface area contributed by atoms with Gasteiger partial charge in [0.05, 0.1) is 5.71 Å². The topological polar surface area (TPSA) is 49.7 Å². The van der Waals surface area contributed by atoms with Crippen molar-refractivity contribution in [2.24, 2.45) is 4.99 Å². The van der Waals surface area contributed by atoms with Crippen LogP contribution in [0.3, 0.4) is 0 Å². The van der Waals surface area contributed by atoms with E-state index in [1.54, 1.807) is 0 Å². The maximum atomic E-state index is 11.9. The van der Waals surface area contributed by atoms with Crippen LogP contribution in [0.4, 0.5) is 0 Å². The molecule has 0 heterocycles. The predicted molar refractivity (Wildman–Crippen MR) is 110 cm³/mol. The molecule has 0 saturated heterocycles. The number of hydrogen-bond acceptors (Lipinski definition) is 2. The van der Waals surface area contributed by atoms with E-state index in [2.05, 4.69) is 11.9 Å². The first-order chi connectivity index (χ1) is 13.0. The summed E-state index contributed by atoms with van der Waals surface area (Å²) in [6.07, 6.45) is 0.361. The molecule has 0 fully saturated rings. The minimum absolute atomic E-state index is 0.361. The standard InChI is InChI=1S/C24H23NO2/c1-17-13-14-19(15-18(17)2)16-22(24(26)27)25-23(20-9-5-3-6-10-20)21-11-7-4-8-12-21/h3-15,22H,16H2,1-2H3,(H,26,27). The fourth-order valence-corrected chi connectivity index (χ4v) is 3.01. The van der Waals surface area contributed by atoms with Crippen molar-refractivity contribution in [3.05, 3.63) is 107 Å². The Labute approximate surface area is 160 Å². The molecule has 0 radical (unpaired) electrons. The van der Waals surface area contributed by atoms with Crippen LogP contribution in [-0.4, -0.2) is 22.8 Å². The number of aliphatic carboxylic acids is 1. The molecule has 1 atom stereocenters. The van der Waals surface area contributed by atoms with Crippen LogP contribution < -0.4 is 0 Å². The van der Waals surface area contributed by atoms with E-state index in [0.717, 1.165) is 22.3 Å². The first-order valence-electron chi connectivity index (χ1n) is 9.02. The summed E-state index contributed by atoms with van der Waals surface area (Å²) in [5, 5.41) is 9.79. The van der Waals surface area contributed by atoms with E-state index in [9.17, 15) is 9.90 Å². The molecule has 3 aromatic carbocycles. The average Bonchev–Trinajstić information content (AvgIpc) is 2.69. The quantitative estimate of drug-likeness (QED) is 0.642. The molecule has 0 spiro atoms. The SMILES string of the molecule is Cc1ccc(CC(N=C(c2ccccc2)c2ccccc2)C(=O)O)cc1C. The minimum Gasteiger partial charge on any atom is -0.480 e. The third kappa shape index (κ3) is 4.70. The van der Waals surface area contributed by atoms with Crippen LogP contribution in [0, 0.1) is 13.8 Å². The molecule has 0 saturated carbocycles. The van der Waals surface area contributed by atoms with Crippen LogP contribution in [0.5, 0.6) is 0 Å². The number of carboxylic acids is 1. The van der Waals surface area contributed by atoms with Crippen LogP contribution in [0.15, 0.2) is 83.9 Å². The highest BCUT2D eigenvalue weighted by Gasteiger charge is 2.19. The van der Waals surface area contributed by atoms with E-state index in [1.807, 2.05) is 85.8 Å². The van der Waals surface area contributed by atoms with Crippen molar-refractivity contribution in [1.29, 1.82) is 0 Å². The summed E-state index contributed by atoms with van der Waals surface area (Å²) in [4.78, 5) is 16.6. The van der Waals surface area contributed by atoms with Gasteiger partial charge in [0.1, 0.15) is 0 Å². The molecule has 1 unspecified atom stereocenters. The van der Waals surface area contributed by atoms with Crippen LogP contribution in [-0.2, 0) is 11.2 Å². The Balaban J connectivity index is 2.02. The normalized spacial score (nSPS) is 11.6. The van der Waals surface area contributed by atoms with Gasteiger partial charge in [-0.2, -0.15) is 0 Å². The van der Waals surface area contributed by atoms with Crippen molar-refractivity contribution in [1.82, 2.24) is 0 Å². The number of nitrogens with zero attached hydrogens (tertiary/aromatic N) is 1. The fourth-order valence-electron chi connectivity index (χ4n) is 3.01. The molecule has 3 nitrogen and oxygen atoms in total. The van der Waals surface area contributed by atoms with Crippen molar-refractivity contribution in [3.63, 3.8) is 0 Å². The van der Waals surface area contributed by atoms with E-state index >= 15 is 0 Å². The fraction of sp³-hybridized carbons (Fsp3) is 0.167. The highest BCUT2D eigenvalue weighted by Crippen LogP contribution is 2.16. The van der Waals surface area contributed by atoms with Crippen molar-refractivity contribution in [2.75, 3.05) is 0 Å². The van der Waals surface area contributed by atoms with Gasteiger partial charge < -0.3 is 5.11 Å². The van der Waals surface area contributed by atoms with Gasteiger partial charge in [-0.25, -0.2) is 4.79 Å². The van der Waals surface area contributed by atoms with Gasteiger partial charge in [-0.1, -0.05) is 78.9 Å². The number of carbonyl (C=O) groups is 1. The molecule has 27 heavy (non-hydrogen) atoms. The number of hydrogen-bond donors (Lipinski definition) is 1. The second-order valence-electron chi connectivity index (χ2n) is 6.69. The van der Waals surface area contributed by atoms with Crippen molar-refractivity contribution in [2.45, 2.75) is 26.3 Å². The van der Waals surface area contributed by atoms with E-state index in [0.29, 0.717) is 12.1 Å². The molecule has 0 aliphatic carbocycles. The summed E-state index contributed by atoms with van der Waals surface area (Å²) in [5.74, 6) is -0.919. The van der Waals surface area contributed by atoms with E-state index in [4.69, 9.17) is 0 Å². The number of benzene rings is 3. The van der Waals surface area contributed by atoms with E-state index in [1.165, 1.54) is 5.56 Å². The molecule has 3 heteroatoms. The molecule has 3 rings (SSSR count). The molecule has 0 amide bonds. The lowest BCUT2D eigenvalue weighted by Gasteiger charge is -2.14. The Morgan fingerprint density at radius 1 is 0.852 bits per heavy atom. The summed E-state index contributed by atoms with van der Waals surface area (Å²) in [5.41, 5.74) is 5.86. The number of aryl methyl sites for hydroxylation is 2. The maximum Gasteiger partial charge on any atom is 0.328 e. The Kier molecular flexibility index (Phi) is 5.82. The number of aliphatic imine (C=N–C) groups is 1. The lowest BCUT2D eigenvalue weighted by Crippen LogP contribution is -2.23. The zero-order valence-electron chi connectivity index (χ0n) is 15.6. The number of rotatable bonds is 6. The Hall–Kier alpha value is -3.20. The molecule has 1 N–H and O–H groups in total. The third-order valence-corrected chi connectivity index (χ3v) is 4.66.